The molecule has 0 unspecified atom stereocenters. The van der Waals surface area contributed by atoms with Gasteiger partial charge in [-0.1, -0.05) is 60.7 Å². The second kappa shape index (κ2) is 16.5. The molecule has 2 aromatic carbocycles. The van der Waals surface area contributed by atoms with E-state index in [1.54, 1.807) is 0 Å². The summed E-state index contributed by atoms with van der Waals surface area (Å²) in [5, 5.41) is 14.1. The number of aliphatic carboxylic acids is 1. The molecule has 10 nitrogen and oxygen atoms in total. The molecule has 2 aromatic rings. The minimum Gasteiger partial charge on any atom is -0.481 e. The third-order valence-electron chi connectivity index (χ3n) is 5.08. The van der Waals surface area contributed by atoms with E-state index < -0.39 is 18.2 Å². The van der Waals surface area contributed by atoms with Gasteiger partial charge in [0.05, 0.1) is 6.42 Å². The molecule has 0 atom stereocenters. The van der Waals surface area contributed by atoms with Gasteiger partial charge in [-0.05, 0) is 24.0 Å². The lowest BCUT2D eigenvalue weighted by Gasteiger charge is -2.23. The number of nitrogens with zero attached hydrogens (tertiary/aromatic N) is 1. The van der Waals surface area contributed by atoms with Crippen LogP contribution in [-0.4, -0.2) is 60.2 Å². The summed E-state index contributed by atoms with van der Waals surface area (Å²) in [4.78, 5) is 48.6. The van der Waals surface area contributed by atoms with Crippen molar-refractivity contribution in [2.75, 3.05) is 26.2 Å². The fourth-order valence-corrected chi connectivity index (χ4v) is 3.20. The molecule has 0 spiro atoms. The normalized spacial score (nSPS) is 10.2. The Bertz CT molecular complexity index is 891. The molecule has 10 heteroatoms. The van der Waals surface area contributed by atoms with Gasteiger partial charge in [0.1, 0.15) is 13.2 Å². The van der Waals surface area contributed by atoms with Crippen LogP contribution >= 0.6 is 0 Å². The Labute approximate surface area is 210 Å². The van der Waals surface area contributed by atoms with Gasteiger partial charge in [0.2, 0.25) is 5.91 Å². The van der Waals surface area contributed by atoms with Crippen LogP contribution in [0, 0.1) is 0 Å². The zero-order valence-electron chi connectivity index (χ0n) is 20.2. The molecule has 0 aliphatic rings. The van der Waals surface area contributed by atoms with E-state index in [1.165, 1.54) is 4.90 Å². The number of rotatable bonds is 15. The number of carboxylic acids is 1. The first-order valence-corrected chi connectivity index (χ1v) is 11.8. The summed E-state index contributed by atoms with van der Waals surface area (Å²) < 4.78 is 10.3. The van der Waals surface area contributed by atoms with E-state index in [4.69, 9.17) is 14.6 Å². The van der Waals surface area contributed by atoms with Crippen molar-refractivity contribution in [3.8, 4) is 0 Å². The first-order valence-electron chi connectivity index (χ1n) is 11.8. The summed E-state index contributed by atoms with van der Waals surface area (Å²) in [6, 6.07) is 18.6. The minimum atomic E-state index is -1.05. The van der Waals surface area contributed by atoms with Crippen molar-refractivity contribution in [2.24, 2.45) is 0 Å². The zero-order valence-corrected chi connectivity index (χ0v) is 20.2. The second-order valence-corrected chi connectivity index (χ2v) is 7.96. The molecule has 2 rings (SSSR count). The Morgan fingerprint density at radius 1 is 0.694 bits per heavy atom. The molecule has 0 aliphatic heterocycles. The average Bonchev–Trinajstić information content (AvgIpc) is 2.89. The highest BCUT2D eigenvalue weighted by atomic mass is 16.6. The fraction of sp³-hybridized carbons (Fsp3) is 0.385. The van der Waals surface area contributed by atoms with Crippen LogP contribution < -0.4 is 10.6 Å². The summed E-state index contributed by atoms with van der Waals surface area (Å²) in [6.45, 7) is 1.56. The van der Waals surface area contributed by atoms with Gasteiger partial charge in [-0.3, -0.25) is 9.59 Å². The summed E-state index contributed by atoms with van der Waals surface area (Å²) in [5.41, 5.74) is 1.75. The van der Waals surface area contributed by atoms with Crippen LogP contribution in [0.1, 0.15) is 36.8 Å². The Morgan fingerprint density at radius 2 is 1.14 bits per heavy atom. The summed E-state index contributed by atoms with van der Waals surface area (Å²) in [5.74, 6) is -1.34. The Morgan fingerprint density at radius 3 is 1.56 bits per heavy atom. The van der Waals surface area contributed by atoms with E-state index in [-0.39, 0.29) is 32.0 Å². The Kier molecular flexibility index (Phi) is 12.9. The second-order valence-electron chi connectivity index (χ2n) is 7.96. The van der Waals surface area contributed by atoms with Gasteiger partial charge in [-0.15, -0.1) is 0 Å². The predicted molar refractivity (Wildman–Crippen MR) is 132 cm³/mol. The number of carbonyl (C=O) groups excluding carboxylic acids is 3. The fourth-order valence-electron chi connectivity index (χ4n) is 3.20. The molecular weight excluding hydrogens is 466 g/mol. The van der Waals surface area contributed by atoms with Gasteiger partial charge in [-0.2, -0.15) is 0 Å². The van der Waals surface area contributed by atoms with Gasteiger partial charge in [0, 0.05) is 32.6 Å². The maximum absolute atomic E-state index is 12.5. The number of nitrogens with one attached hydrogen (secondary N) is 2. The number of benzene rings is 2. The molecular formula is C26H33N3O7. The van der Waals surface area contributed by atoms with E-state index in [0.717, 1.165) is 11.1 Å². The predicted octanol–water partition coefficient (Wildman–Crippen LogP) is 3.31. The minimum absolute atomic E-state index is 0.117. The number of carboxylic acid groups (broad SMARTS) is 1. The van der Waals surface area contributed by atoms with Crippen LogP contribution in [0.3, 0.4) is 0 Å². The van der Waals surface area contributed by atoms with Crippen LogP contribution in [0.2, 0.25) is 0 Å². The van der Waals surface area contributed by atoms with E-state index in [1.807, 2.05) is 60.7 Å². The zero-order chi connectivity index (χ0) is 26.0. The SMILES string of the molecule is O=C(O)CCC(=O)N(CCCNC(=O)OCc1ccccc1)CCCNC(=O)OCc1ccccc1. The third-order valence-corrected chi connectivity index (χ3v) is 5.08. The number of hydrogen-bond donors (Lipinski definition) is 3. The van der Waals surface area contributed by atoms with Crippen molar-refractivity contribution < 1.29 is 33.8 Å². The monoisotopic (exact) mass is 499 g/mol. The van der Waals surface area contributed by atoms with Crippen molar-refractivity contribution in [1.29, 1.82) is 0 Å². The molecule has 3 N–H and O–H groups in total. The molecule has 3 amide bonds. The van der Waals surface area contributed by atoms with Crippen LogP contribution in [-0.2, 0) is 32.3 Å². The number of ether oxygens (including phenoxy) is 2. The molecule has 0 aromatic heterocycles. The van der Waals surface area contributed by atoms with E-state index >= 15 is 0 Å². The van der Waals surface area contributed by atoms with Gasteiger partial charge >= 0.3 is 18.2 Å². The standard InChI is InChI=1S/C26H33N3O7/c30-23(13-14-24(31)32)29(17-7-15-27-25(33)35-19-21-9-3-1-4-10-21)18-8-16-28-26(34)36-20-22-11-5-2-6-12-22/h1-6,9-12H,7-8,13-20H2,(H,27,33)(H,28,34)(H,31,32). The topological polar surface area (TPSA) is 134 Å². The molecule has 0 saturated carbocycles. The molecule has 0 heterocycles. The Hall–Kier alpha value is -4.08. The first-order chi connectivity index (χ1) is 17.4. The molecule has 0 bridgehead atoms. The number of carbonyl (C=O) groups is 4. The lowest BCUT2D eigenvalue weighted by atomic mass is 10.2. The summed E-state index contributed by atoms with van der Waals surface area (Å²) in [6.07, 6.45) is -0.559. The number of amides is 3. The molecule has 0 radical (unpaired) electrons. The van der Waals surface area contributed by atoms with Gasteiger partial charge in [0.15, 0.2) is 0 Å². The van der Waals surface area contributed by atoms with E-state index in [2.05, 4.69) is 10.6 Å². The summed E-state index contributed by atoms with van der Waals surface area (Å²) >= 11 is 0. The van der Waals surface area contributed by atoms with Gasteiger partial charge in [0.25, 0.3) is 0 Å². The largest absolute Gasteiger partial charge is 0.481 e. The smallest absolute Gasteiger partial charge is 0.407 e. The van der Waals surface area contributed by atoms with Gasteiger partial charge < -0.3 is 30.1 Å². The van der Waals surface area contributed by atoms with E-state index in [9.17, 15) is 19.2 Å². The molecule has 194 valence electrons. The highest BCUT2D eigenvalue weighted by Gasteiger charge is 2.15. The highest BCUT2D eigenvalue weighted by Crippen LogP contribution is 2.04. The molecule has 36 heavy (non-hydrogen) atoms. The first kappa shape index (κ1) is 28.2. The van der Waals surface area contributed by atoms with Crippen molar-refractivity contribution in [2.45, 2.75) is 38.9 Å². The molecule has 0 aliphatic carbocycles. The van der Waals surface area contributed by atoms with Gasteiger partial charge in [-0.25, -0.2) is 9.59 Å². The van der Waals surface area contributed by atoms with Crippen LogP contribution in [0.4, 0.5) is 9.59 Å². The van der Waals surface area contributed by atoms with Crippen molar-refractivity contribution >= 4 is 24.1 Å². The lowest BCUT2D eigenvalue weighted by Crippen LogP contribution is -2.37. The Balaban J connectivity index is 1.67. The third kappa shape index (κ3) is 12.4. The van der Waals surface area contributed by atoms with Crippen molar-refractivity contribution in [3.05, 3.63) is 71.8 Å². The maximum Gasteiger partial charge on any atom is 0.407 e. The van der Waals surface area contributed by atoms with Crippen LogP contribution in [0.25, 0.3) is 0 Å². The maximum atomic E-state index is 12.5. The number of alkyl carbamates (subject to hydrolysis) is 2. The quantitative estimate of drug-likeness (QED) is 0.320. The van der Waals surface area contributed by atoms with E-state index in [0.29, 0.717) is 39.0 Å². The molecule has 0 fully saturated rings. The number of hydrogen-bond acceptors (Lipinski definition) is 6. The van der Waals surface area contributed by atoms with Crippen LogP contribution in [0.15, 0.2) is 60.7 Å². The van der Waals surface area contributed by atoms with Crippen molar-refractivity contribution in [1.82, 2.24) is 15.5 Å². The highest BCUT2D eigenvalue weighted by molar-refractivity contribution is 5.80. The van der Waals surface area contributed by atoms with Crippen molar-refractivity contribution in [3.63, 3.8) is 0 Å². The van der Waals surface area contributed by atoms with Crippen LogP contribution in [0.5, 0.6) is 0 Å². The molecule has 0 saturated heterocycles. The lowest BCUT2D eigenvalue weighted by molar-refractivity contribution is -0.141. The average molecular weight is 500 g/mol. The summed E-state index contributed by atoms with van der Waals surface area (Å²) in [7, 11) is 0.